The second kappa shape index (κ2) is 7.40. The van der Waals surface area contributed by atoms with Crippen LogP contribution >= 0.6 is 0 Å². The van der Waals surface area contributed by atoms with Gasteiger partial charge in [-0.15, -0.1) is 0 Å². The van der Waals surface area contributed by atoms with Crippen LogP contribution < -0.4 is 11.1 Å². The van der Waals surface area contributed by atoms with Crippen molar-refractivity contribution in [2.75, 3.05) is 18.5 Å². The van der Waals surface area contributed by atoms with Crippen LogP contribution in [0.4, 0.5) is 5.82 Å². The number of aromatic nitrogens is 2. The number of hydrogen-bond donors (Lipinski definition) is 2. The van der Waals surface area contributed by atoms with Crippen LogP contribution in [0.25, 0.3) is 0 Å². The molecule has 1 aliphatic carbocycles. The maximum absolute atomic E-state index is 5.87. The number of nitrogens with zero attached hydrogens (tertiary/aromatic N) is 2. The molecule has 0 aliphatic heterocycles. The molecule has 2 rings (SSSR count). The van der Waals surface area contributed by atoms with E-state index in [0.29, 0.717) is 12.1 Å². The SMILES string of the molecule is Cc1nccc(NCCCOC2CCC(N)CC2)n1. The van der Waals surface area contributed by atoms with E-state index < -0.39 is 0 Å². The molecule has 0 saturated heterocycles. The van der Waals surface area contributed by atoms with Crippen molar-refractivity contribution < 1.29 is 4.74 Å². The molecule has 1 aromatic heterocycles. The van der Waals surface area contributed by atoms with Crippen LogP contribution in [0.3, 0.4) is 0 Å². The second-order valence-electron chi connectivity index (χ2n) is 5.18. The first-order chi connectivity index (χ1) is 9.24. The van der Waals surface area contributed by atoms with E-state index in [1.807, 2.05) is 13.0 Å². The van der Waals surface area contributed by atoms with Crippen LogP contribution in [0.1, 0.15) is 37.9 Å². The highest BCUT2D eigenvalue weighted by molar-refractivity contribution is 5.32. The highest BCUT2D eigenvalue weighted by atomic mass is 16.5. The number of nitrogens with two attached hydrogens (primary N) is 1. The zero-order valence-corrected chi connectivity index (χ0v) is 11.6. The molecule has 3 N–H and O–H groups in total. The second-order valence-corrected chi connectivity index (χ2v) is 5.18. The lowest BCUT2D eigenvalue weighted by molar-refractivity contribution is 0.0251. The first kappa shape index (κ1) is 14.2. The molecule has 0 spiro atoms. The van der Waals surface area contributed by atoms with Gasteiger partial charge >= 0.3 is 0 Å². The van der Waals surface area contributed by atoms with Gasteiger partial charge in [-0.3, -0.25) is 0 Å². The molecule has 106 valence electrons. The summed E-state index contributed by atoms with van der Waals surface area (Å²) in [5.74, 6) is 1.68. The third-order valence-corrected chi connectivity index (χ3v) is 3.48. The van der Waals surface area contributed by atoms with Crippen LogP contribution in [0.5, 0.6) is 0 Å². The minimum Gasteiger partial charge on any atom is -0.378 e. The number of ether oxygens (including phenoxy) is 1. The van der Waals surface area contributed by atoms with E-state index in [0.717, 1.165) is 56.9 Å². The van der Waals surface area contributed by atoms with Gasteiger partial charge in [0, 0.05) is 25.4 Å². The molecule has 1 aromatic rings. The largest absolute Gasteiger partial charge is 0.378 e. The lowest BCUT2D eigenvalue weighted by Gasteiger charge is -2.26. The highest BCUT2D eigenvalue weighted by Gasteiger charge is 2.18. The van der Waals surface area contributed by atoms with Gasteiger partial charge in [-0.25, -0.2) is 9.97 Å². The van der Waals surface area contributed by atoms with Crippen LogP contribution in [0.2, 0.25) is 0 Å². The minimum atomic E-state index is 0.391. The molecule has 0 bridgehead atoms. The Morgan fingerprint density at radius 2 is 2.16 bits per heavy atom. The Kier molecular flexibility index (Phi) is 5.54. The number of nitrogens with one attached hydrogen (secondary N) is 1. The lowest BCUT2D eigenvalue weighted by Crippen LogP contribution is -2.30. The first-order valence-electron chi connectivity index (χ1n) is 7.15. The van der Waals surface area contributed by atoms with Crippen LogP contribution in [-0.2, 0) is 4.74 Å². The van der Waals surface area contributed by atoms with Gasteiger partial charge in [0.25, 0.3) is 0 Å². The van der Waals surface area contributed by atoms with E-state index in [9.17, 15) is 0 Å². The molecule has 0 radical (unpaired) electrons. The van der Waals surface area contributed by atoms with Crippen LogP contribution in [0.15, 0.2) is 12.3 Å². The minimum absolute atomic E-state index is 0.391. The summed E-state index contributed by atoms with van der Waals surface area (Å²) < 4.78 is 5.86. The summed E-state index contributed by atoms with van der Waals surface area (Å²) in [6.07, 6.45) is 7.60. The summed E-state index contributed by atoms with van der Waals surface area (Å²) in [4.78, 5) is 8.36. The fourth-order valence-corrected chi connectivity index (χ4v) is 2.35. The van der Waals surface area contributed by atoms with Crippen molar-refractivity contribution in [1.29, 1.82) is 0 Å². The smallest absolute Gasteiger partial charge is 0.129 e. The van der Waals surface area contributed by atoms with Gasteiger partial charge in [-0.05, 0) is 45.1 Å². The van der Waals surface area contributed by atoms with E-state index in [1.54, 1.807) is 6.20 Å². The Morgan fingerprint density at radius 1 is 1.37 bits per heavy atom. The van der Waals surface area contributed by atoms with Crippen molar-refractivity contribution in [2.24, 2.45) is 5.73 Å². The van der Waals surface area contributed by atoms with E-state index in [2.05, 4.69) is 15.3 Å². The maximum atomic E-state index is 5.87. The summed E-state index contributed by atoms with van der Waals surface area (Å²) in [6.45, 7) is 3.57. The molecule has 1 heterocycles. The maximum Gasteiger partial charge on any atom is 0.129 e. The summed E-state index contributed by atoms with van der Waals surface area (Å²) in [6, 6.07) is 2.28. The predicted molar refractivity (Wildman–Crippen MR) is 76.1 cm³/mol. The molecular weight excluding hydrogens is 240 g/mol. The summed E-state index contributed by atoms with van der Waals surface area (Å²) in [7, 11) is 0. The van der Waals surface area contributed by atoms with Gasteiger partial charge in [0.1, 0.15) is 11.6 Å². The van der Waals surface area contributed by atoms with Gasteiger partial charge < -0.3 is 15.8 Å². The molecule has 0 aromatic carbocycles. The van der Waals surface area contributed by atoms with E-state index >= 15 is 0 Å². The molecule has 19 heavy (non-hydrogen) atoms. The average Bonchev–Trinajstić information content (AvgIpc) is 2.41. The first-order valence-corrected chi connectivity index (χ1v) is 7.15. The quantitative estimate of drug-likeness (QED) is 0.767. The standard InChI is InChI=1S/C14H24N4O/c1-11-16-9-7-14(18-11)17-8-2-10-19-13-5-3-12(15)4-6-13/h7,9,12-13H,2-6,8,10,15H2,1H3,(H,16,17,18). The fourth-order valence-electron chi connectivity index (χ4n) is 2.35. The van der Waals surface area contributed by atoms with Crippen LogP contribution in [0, 0.1) is 6.92 Å². The molecule has 1 fully saturated rings. The molecule has 1 saturated carbocycles. The molecule has 0 amide bonds. The third kappa shape index (κ3) is 5.12. The van der Waals surface area contributed by atoms with Crippen molar-refractivity contribution in [3.8, 4) is 0 Å². The molecule has 5 nitrogen and oxygen atoms in total. The number of aryl methyl sites for hydroxylation is 1. The van der Waals surface area contributed by atoms with Gasteiger partial charge in [0.05, 0.1) is 6.10 Å². The normalized spacial score (nSPS) is 23.3. The Bertz CT molecular complexity index is 377. The summed E-state index contributed by atoms with van der Waals surface area (Å²) in [5.41, 5.74) is 5.87. The Morgan fingerprint density at radius 3 is 2.89 bits per heavy atom. The molecule has 1 aliphatic rings. The number of anilines is 1. The van der Waals surface area contributed by atoms with Crippen molar-refractivity contribution in [2.45, 2.75) is 51.2 Å². The lowest BCUT2D eigenvalue weighted by atomic mass is 9.94. The van der Waals surface area contributed by atoms with E-state index in [4.69, 9.17) is 10.5 Å². The highest BCUT2D eigenvalue weighted by Crippen LogP contribution is 2.19. The monoisotopic (exact) mass is 264 g/mol. The van der Waals surface area contributed by atoms with Gasteiger partial charge in [0.2, 0.25) is 0 Å². The van der Waals surface area contributed by atoms with Gasteiger partial charge in [-0.1, -0.05) is 0 Å². The van der Waals surface area contributed by atoms with E-state index in [-0.39, 0.29) is 0 Å². The molecular formula is C14H24N4O. The summed E-state index contributed by atoms with van der Waals surface area (Å²) >= 11 is 0. The Balaban J connectivity index is 1.55. The fraction of sp³-hybridized carbons (Fsp3) is 0.714. The molecule has 0 atom stereocenters. The van der Waals surface area contributed by atoms with Crippen molar-refractivity contribution in [1.82, 2.24) is 9.97 Å². The van der Waals surface area contributed by atoms with Crippen molar-refractivity contribution >= 4 is 5.82 Å². The molecule has 5 heteroatoms. The predicted octanol–water partition coefficient (Wildman–Crippen LogP) is 1.87. The number of rotatable bonds is 6. The van der Waals surface area contributed by atoms with Gasteiger partial charge in [0.15, 0.2) is 0 Å². The van der Waals surface area contributed by atoms with E-state index in [1.165, 1.54) is 0 Å². The third-order valence-electron chi connectivity index (χ3n) is 3.48. The zero-order chi connectivity index (χ0) is 13.5. The van der Waals surface area contributed by atoms with Gasteiger partial charge in [-0.2, -0.15) is 0 Å². The number of hydrogen-bond acceptors (Lipinski definition) is 5. The Labute approximate surface area is 115 Å². The molecule has 0 unspecified atom stereocenters. The van der Waals surface area contributed by atoms with Crippen molar-refractivity contribution in [3.63, 3.8) is 0 Å². The zero-order valence-electron chi connectivity index (χ0n) is 11.6. The topological polar surface area (TPSA) is 73.1 Å². The van der Waals surface area contributed by atoms with Crippen LogP contribution in [-0.4, -0.2) is 35.3 Å². The average molecular weight is 264 g/mol. The van der Waals surface area contributed by atoms with Crippen molar-refractivity contribution in [3.05, 3.63) is 18.1 Å². The Hall–Kier alpha value is -1.20. The summed E-state index contributed by atoms with van der Waals surface area (Å²) in [5, 5.41) is 3.28.